The molecule has 2 heterocycles. The van der Waals surface area contributed by atoms with E-state index >= 15 is 0 Å². The molecule has 2 aromatic heterocycles. The third-order valence-corrected chi connectivity index (χ3v) is 3.07. The smallest absolute Gasteiger partial charge is 0.228 e. The third kappa shape index (κ3) is 2.81. The molecular weight excluding hydrogens is 242 g/mol. The van der Waals surface area contributed by atoms with Gasteiger partial charge in [-0.1, -0.05) is 0 Å². The zero-order valence-electron chi connectivity index (χ0n) is 10.7. The number of hydrogen-bond acceptors (Lipinski definition) is 4. The first kappa shape index (κ1) is 11.9. The summed E-state index contributed by atoms with van der Waals surface area (Å²) in [6.45, 7) is 1.83. The Kier molecular flexibility index (Phi) is 3.03. The first-order valence-electron chi connectivity index (χ1n) is 6.38. The zero-order chi connectivity index (χ0) is 13.2. The fourth-order valence-corrected chi connectivity index (χ4v) is 1.86. The van der Waals surface area contributed by atoms with Crippen LogP contribution in [0, 0.1) is 6.92 Å². The van der Waals surface area contributed by atoms with Gasteiger partial charge in [-0.25, -0.2) is 4.98 Å². The number of pyridine rings is 1. The van der Waals surface area contributed by atoms with Crippen LogP contribution in [0.3, 0.4) is 0 Å². The van der Waals surface area contributed by atoms with Crippen molar-refractivity contribution in [3.8, 4) is 11.5 Å². The fraction of sp³-hybridized carbons (Fsp3) is 0.357. The van der Waals surface area contributed by atoms with Crippen LogP contribution in [-0.4, -0.2) is 21.9 Å². The molecule has 0 bridgehead atoms. The average Bonchev–Trinajstić information content (AvgIpc) is 3.14. The number of nitrogens with zero attached hydrogens (tertiary/aromatic N) is 2. The molecular formula is C14H15N3O2. The van der Waals surface area contributed by atoms with E-state index in [9.17, 15) is 4.79 Å². The summed E-state index contributed by atoms with van der Waals surface area (Å²) in [4.78, 5) is 20.2. The highest BCUT2D eigenvalue weighted by Gasteiger charge is 2.24. The van der Waals surface area contributed by atoms with Crippen LogP contribution in [0.1, 0.15) is 24.3 Å². The van der Waals surface area contributed by atoms with Crippen molar-refractivity contribution >= 4 is 5.91 Å². The SMILES string of the molecule is Cc1oc(-c2cccnc2)nc1CC(=O)NC1CC1. The molecule has 0 atom stereocenters. The molecule has 0 aromatic carbocycles. The molecule has 1 aliphatic carbocycles. The van der Waals surface area contributed by atoms with E-state index in [-0.39, 0.29) is 12.3 Å². The Labute approximate surface area is 111 Å². The lowest BCUT2D eigenvalue weighted by molar-refractivity contribution is -0.120. The second-order valence-corrected chi connectivity index (χ2v) is 4.78. The number of oxazole rings is 1. The Morgan fingerprint density at radius 2 is 2.37 bits per heavy atom. The van der Waals surface area contributed by atoms with Crippen molar-refractivity contribution in [2.24, 2.45) is 0 Å². The highest BCUT2D eigenvalue weighted by atomic mass is 16.4. The monoisotopic (exact) mass is 257 g/mol. The molecule has 98 valence electrons. The topological polar surface area (TPSA) is 68.0 Å². The van der Waals surface area contributed by atoms with E-state index in [2.05, 4.69) is 15.3 Å². The van der Waals surface area contributed by atoms with Gasteiger partial charge in [0.25, 0.3) is 0 Å². The molecule has 1 fully saturated rings. The number of carbonyl (C=O) groups excluding carboxylic acids is 1. The molecule has 3 rings (SSSR count). The van der Waals surface area contributed by atoms with Gasteiger partial charge in [-0.05, 0) is 31.9 Å². The number of hydrogen-bond donors (Lipinski definition) is 1. The van der Waals surface area contributed by atoms with Crippen molar-refractivity contribution in [1.82, 2.24) is 15.3 Å². The van der Waals surface area contributed by atoms with Gasteiger partial charge in [0.05, 0.1) is 17.7 Å². The number of rotatable bonds is 4. The Morgan fingerprint density at radius 3 is 3.05 bits per heavy atom. The molecule has 5 nitrogen and oxygen atoms in total. The van der Waals surface area contributed by atoms with E-state index in [1.54, 1.807) is 12.4 Å². The minimum atomic E-state index is 0.0108. The Hall–Kier alpha value is -2.17. The third-order valence-electron chi connectivity index (χ3n) is 3.07. The predicted octanol–water partition coefficient (Wildman–Crippen LogP) is 1.87. The molecule has 2 aromatic rings. The van der Waals surface area contributed by atoms with E-state index in [4.69, 9.17) is 4.42 Å². The summed E-state index contributed by atoms with van der Waals surface area (Å²) in [5.74, 6) is 1.21. The second-order valence-electron chi connectivity index (χ2n) is 4.78. The zero-order valence-corrected chi connectivity index (χ0v) is 10.7. The van der Waals surface area contributed by atoms with Gasteiger partial charge in [0.15, 0.2) is 0 Å². The Bertz CT molecular complexity index is 588. The van der Waals surface area contributed by atoms with Crippen LogP contribution in [0.25, 0.3) is 11.5 Å². The van der Waals surface area contributed by atoms with Gasteiger partial charge in [-0.3, -0.25) is 9.78 Å². The van der Waals surface area contributed by atoms with Crippen molar-refractivity contribution in [1.29, 1.82) is 0 Å². The molecule has 5 heteroatoms. The molecule has 0 radical (unpaired) electrons. The molecule has 1 aliphatic rings. The summed E-state index contributed by atoms with van der Waals surface area (Å²) in [5, 5.41) is 2.95. The van der Waals surface area contributed by atoms with Crippen LogP contribution in [0.5, 0.6) is 0 Å². The van der Waals surface area contributed by atoms with Gasteiger partial charge < -0.3 is 9.73 Å². The van der Waals surface area contributed by atoms with Crippen molar-refractivity contribution in [3.05, 3.63) is 36.0 Å². The van der Waals surface area contributed by atoms with Gasteiger partial charge in [0.2, 0.25) is 11.8 Å². The molecule has 1 amide bonds. The maximum Gasteiger partial charge on any atom is 0.228 e. The van der Waals surface area contributed by atoms with E-state index in [1.807, 2.05) is 19.1 Å². The summed E-state index contributed by atoms with van der Waals surface area (Å²) >= 11 is 0. The molecule has 1 N–H and O–H groups in total. The number of nitrogens with one attached hydrogen (secondary N) is 1. The fourth-order valence-electron chi connectivity index (χ4n) is 1.86. The van der Waals surface area contributed by atoms with Gasteiger partial charge in [0.1, 0.15) is 5.76 Å². The number of carbonyl (C=O) groups is 1. The highest BCUT2D eigenvalue weighted by molar-refractivity contribution is 5.79. The minimum Gasteiger partial charge on any atom is -0.441 e. The lowest BCUT2D eigenvalue weighted by Gasteiger charge is -2.00. The van der Waals surface area contributed by atoms with Gasteiger partial charge >= 0.3 is 0 Å². The summed E-state index contributed by atoms with van der Waals surface area (Å²) < 4.78 is 5.59. The minimum absolute atomic E-state index is 0.0108. The highest BCUT2D eigenvalue weighted by Crippen LogP contribution is 2.22. The molecule has 19 heavy (non-hydrogen) atoms. The standard InChI is InChI=1S/C14H15N3O2/c1-9-12(7-13(18)16-11-4-5-11)17-14(19-9)10-3-2-6-15-8-10/h2-3,6,8,11H,4-5,7H2,1H3,(H,16,18). The van der Waals surface area contributed by atoms with E-state index in [0.717, 1.165) is 18.4 Å². The molecule has 0 aliphatic heterocycles. The lowest BCUT2D eigenvalue weighted by atomic mass is 10.2. The summed E-state index contributed by atoms with van der Waals surface area (Å²) in [7, 11) is 0. The molecule has 0 saturated heterocycles. The second kappa shape index (κ2) is 4.84. The number of aryl methyl sites for hydroxylation is 1. The quantitative estimate of drug-likeness (QED) is 0.907. The maximum absolute atomic E-state index is 11.8. The van der Waals surface area contributed by atoms with Crippen molar-refractivity contribution in [2.75, 3.05) is 0 Å². The predicted molar refractivity (Wildman–Crippen MR) is 69.3 cm³/mol. The molecule has 1 saturated carbocycles. The normalized spacial score (nSPS) is 14.4. The number of aromatic nitrogens is 2. The van der Waals surface area contributed by atoms with Crippen LogP contribution in [-0.2, 0) is 11.2 Å². The maximum atomic E-state index is 11.8. The molecule has 0 spiro atoms. The number of amides is 1. The van der Waals surface area contributed by atoms with Crippen molar-refractivity contribution in [3.63, 3.8) is 0 Å². The van der Waals surface area contributed by atoms with Crippen LogP contribution in [0.2, 0.25) is 0 Å². The Morgan fingerprint density at radius 1 is 1.53 bits per heavy atom. The van der Waals surface area contributed by atoms with E-state index in [0.29, 0.717) is 23.4 Å². The van der Waals surface area contributed by atoms with Crippen molar-refractivity contribution < 1.29 is 9.21 Å². The van der Waals surface area contributed by atoms with Crippen LogP contribution < -0.4 is 5.32 Å². The molecule has 0 unspecified atom stereocenters. The Balaban J connectivity index is 1.75. The van der Waals surface area contributed by atoms with Gasteiger partial charge in [-0.15, -0.1) is 0 Å². The first-order valence-corrected chi connectivity index (χ1v) is 6.38. The summed E-state index contributed by atoms with van der Waals surface area (Å²) in [5.41, 5.74) is 1.51. The van der Waals surface area contributed by atoms with Gasteiger partial charge in [0, 0.05) is 18.4 Å². The largest absolute Gasteiger partial charge is 0.441 e. The van der Waals surface area contributed by atoms with E-state index in [1.165, 1.54) is 0 Å². The first-order chi connectivity index (χ1) is 9.22. The van der Waals surface area contributed by atoms with Gasteiger partial charge in [-0.2, -0.15) is 0 Å². The lowest BCUT2D eigenvalue weighted by Crippen LogP contribution is -2.27. The van der Waals surface area contributed by atoms with Crippen LogP contribution in [0.15, 0.2) is 28.9 Å². The van der Waals surface area contributed by atoms with Crippen molar-refractivity contribution in [2.45, 2.75) is 32.2 Å². The van der Waals surface area contributed by atoms with Crippen LogP contribution >= 0.6 is 0 Å². The summed E-state index contributed by atoms with van der Waals surface area (Å²) in [6, 6.07) is 4.08. The van der Waals surface area contributed by atoms with Crippen LogP contribution in [0.4, 0.5) is 0 Å². The summed E-state index contributed by atoms with van der Waals surface area (Å²) in [6.07, 6.45) is 5.84. The average molecular weight is 257 g/mol. The van der Waals surface area contributed by atoms with E-state index < -0.39 is 0 Å².